The maximum Gasteiger partial charge on any atom is 0.263 e. The monoisotopic (exact) mass is 336 g/mol. The molecule has 0 unspecified atom stereocenters. The summed E-state index contributed by atoms with van der Waals surface area (Å²) in [4.78, 5) is 15.6. The second-order valence-corrected chi connectivity index (χ2v) is 7.55. The van der Waals surface area contributed by atoms with Crippen molar-refractivity contribution in [3.63, 3.8) is 0 Å². The highest BCUT2D eigenvalue weighted by atomic mass is 35.5. The molecule has 1 N–H and O–H groups in total. The Hall–Kier alpha value is -1.10. The highest BCUT2D eigenvalue weighted by Gasteiger charge is 2.24. The minimum atomic E-state index is -0.0332. The van der Waals surface area contributed by atoms with Gasteiger partial charge in [-0.25, -0.2) is 0 Å². The molecule has 0 aliphatic carbocycles. The average Bonchev–Trinajstić information content (AvgIpc) is 2.85. The fourth-order valence-electron chi connectivity index (χ4n) is 2.97. The highest BCUT2D eigenvalue weighted by molar-refractivity contribution is 7.21. The van der Waals surface area contributed by atoms with E-state index >= 15 is 0 Å². The minimum Gasteiger partial charge on any atom is -0.348 e. The third-order valence-corrected chi connectivity index (χ3v) is 6.01. The summed E-state index contributed by atoms with van der Waals surface area (Å²) < 4.78 is 1.06. The van der Waals surface area contributed by atoms with E-state index in [1.165, 1.54) is 11.3 Å². The van der Waals surface area contributed by atoms with Crippen LogP contribution in [0.3, 0.4) is 0 Å². The molecule has 2 heterocycles. The van der Waals surface area contributed by atoms with Gasteiger partial charge in [0.05, 0.1) is 5.02 Å². The van der Waals surface area contributed by atoms with E-state index in [9.17, 15) is 4.79 Å². The third kappa shape index (κ3) is 3.14. The summed E-state index contributed by atoms with van der Waals surface area (Å²) in [6.45, 7) is 6.53. The van der Waals surface area contributed by atoms with Crippen LogP contribution in [0.5, 0.6) is 0 Å². The van der Waals surface area contributed by atoms with Crippen molar-refractivity contribution in [2.75, 3.05) is 13.1 Å². The zero-order chi connectivity index (χ0) is 15.7. The summed E-state index contributed by atoms with van der Waals surface area (Å²) in [6.07, 6.45) is 2.01. The van der Waals surface area contributed by atoms with Gasteiger partial charge < -0.3 is 10.2 Å². The number of carbonyl (C=O) groups is 1. The van der Waals surface area contributed by atoms with Crippen LogP contribution >= 0.6 is 22.9 Å². The lowest BCUT2D eigenvalue weighted by Gasteiger charge is -2.34. The zero-order valence-corrected chi connectivity index (χ0v) is 14.5. The van der Waals surface area contributed by atoms with Gasteiger partial charge in [-0.05, 0) is 32.8 Å². The Balaban J connectivity index is 1.68. The van der Waals surface area contributed by atoms with Gasteiger partial charge in [0, 0.05) is 35.3 Å². The molecule has 0 atom stereocenters. The second kappa shape index (κ2) is 6.57. The zero-order valence-electron chi connectivity index (χ0n) is 12.9. The lowest BCUT2D eigenvalue weighted by atomic mass is 10.0. The van der Waals surface area contributed by atoms with Crippen molar-refractivity contribution in [3.05, 3.63) is 34.2 Å². The molecule has 3 nitrogen and oxygen atoms in total. The van der Waals surface area contributed by atoms with E-state index in [0.717, 1.165) is 36.0 Å². The van der Waals surface area contributed by atoms with Crippen LogP contribution in [0.25, 0.3) is 10.1 Å². The van der Waals surface area contributed by atoms with E-state index < -0.39 is 0 Å². The van der Waals surface area contributed by atoms with Crippen LogP contribution in [-0.4, -0.2) is 36.0 Å². The first kappa shape index (κ1) is 15.8. The number of amides is 1. The summed E-state index contributed by atoms with van der Waals surface area (Å²) in [5.41, 5.74) is 0. The number of thiophene rings is 1. The van der Waals surface area contributed by atoms with E-state index in [4.69, 9.17) is 11.6 Å². The summed E-state index contributed by atoms with van der Waals surface area (Å²) in [6, 6.07) is 8.72. The molecule has 1 amide bonds. The molecule has 3 rings (SSSR count). The molecule has 1 aromatic heterocycles. The maximum absolute atomic E-state index is 12.5. The molecule has 1 aliphatic rings. The fourth-order valence-corrected chi connectivity index (χ4v) is 4.39. The average molecular weight is 337 g/mol. The van der Waals surface area contributed by atoms with E-state index in [0.29, 0.717) is 15.9 Å². The van der Waals surface area contributed by atoms with Crippen LogP contribution in [0, 0.1) is 0 Å². The Kier molecular flexibility index (Phi) is 4.71. The van der Waals surface area contributed by atoms with Gasteiger partial charge in [-0.1, -0.05) is 29.8 Å². The summed E-state index contributed by atoms with van der Waals surface area (Å²) in [5, 5.41) is 4.70. The van der Waals surface area contributed by atoms with Crippen molar-refractivity contribution in [2.45, 2.75) is 38.8 Å². The number of halogens is 1. The molecule has 0 bridgehead atoms. The molecular weight excluding hydrogens is 316 g/mol. The molecule has 0 saturated carbocycles. The van der Waals surface area contributed by atoms with Crippen LogP contribution in [0.4, 0.5) is 0 Å². The molecule has 1 fully saturated rings. The first-order chi connectivity index (χ1) is 10.6. The molecule has 2 aromatic rings. The van der Waals surface area contributed by atoms with Gasteiger partial charge in [0.25, 0.3) is 5.91 Å². The number of fused-ring (bicyclic) bond motifs is 1. The Labute approximate surface area is 140 Å². The van der Waals surface area contributed by atoms with Gasteiger partial charge in [-0.3, -0.25) is 4.79 Å². The number of likely N-dealkylation sites (tertiary alicyclic amines) is 1. The van der Waals surface area contributed by atoms with Crippen LogP contribution in [0.15, 0.2) is 24.3 Å². The van der Waals surface area contributed by atoms with Crippen LogP contribution < -0.4 is 5.32 Å². The third-order valence-electron chi connectivity index (χ3n) is 4.34. The standard InChI is InChI=1S/C17H21ClN2OS/c1-11(2)20-9-7-12(8-10-20)19-17(21)16-15(18)13-5-3-4-6-14(13)22-16/h3-6,11-12H,7-10H2,1-2H3,(H,19,21). The topological polar surface area (TPSA) is 32.3 Å². The van der Waals surface area contributed by atoms with Crippen molar-refractivity contribution in [2.24, 2.45) is 0 Å². The van der Waals surface area contributed by atoms with Crippen molar-refractivity contribution >= 4 is 38.9 Å². The fraction of sp³-hybridized carbons (Fsp3) is 0.471. The van der Waals surface area contributed by atoms with Crippen molar-refractivity contribution < 1.29 is 4.79 Å². The molecule has 1 aliphatic heterocycles. The molecule has 0 radical (unpaired) electrons. The van der Waals surface area contributed by atoms with E-state index in [1.54, 1.807) is 0 Å². The van der Waals surface area contributed by atoms with Gasteiger partial charge in [-0.15, -0.1) is 11.3 Å². The van der Waals surface area contributed by atoms with Crippen LogP contribution in [0.1, 0.15) is 36.4 Å². The molecule has 5 heteroatoms. The molecule has 22 heavy (non-hydrogen) atoms. The highest BCUT2D eigenvalue weighted by Crippen LogP contribution is 2.35. The van der Waals surface area contributed by atoms with Crippen molar-refractivity contribution in [3.8, 4) is 0 Å². The lowest BCUT2D eigenvalue weighted by Crippen LogP contribution is -2.46. The van der Waals surface area contributed by atoms with Gasteiger partial charge >= 0.3 is 0 Å². The quantitative estimate of drug-likeness (QED) is 0.912. The Morgan fingerprint density at radius 1 is 1.32 bits per heavy atom. The smallest absolute Gasteiger partial charge is 0.263 e. The summed E-state index contributed by atoms with van der Waals surface area (Å²) in [5.74, 6) is -0.0332. The van der Waals surface area contributed by atoms with Gasteiger partial charge in [0.2, 0.25) is 0 Å². The Morgan fingerprint density at radius 3 is 2.64 bits per heavy atom. The predicted molar refractivity (Wildman–Crippen MR) is 94.0 cm³/mol. The number of piperidine rings is 1. The van der Waals surface area contributed by atoms with Crippen molar-refractivity contribution in [1.82, 2.24) is 10.2 Å². The predicted octanol–water partition coefficient (Wildman–Crippen LogP) is 4.16. The summed E-state index contributed by atoms with van der Waals surface area (Å²) >= 11 is 7.85. The lowest BCUT2D eigenvalue weighted by molar-refractivity contribution is 0.0905. The number of rotatable bonds is 3. The van der Waals surface area contributed by atoms with E-state index in [2.05, 4.69) is 24.1 Å². The van der Waals surface area contributed by atoms with Gasteiger partial charge in [-0.2, -0.15) is 0 Å². The SMILES string of the molecule is CC(C)N1CCC(NC(=O)c2sc3ccccc3c2Cl)CC1. The maximum atomic E-state index is 12.5. The van der Waals surface area contributed by atoms with Gasteiger partial charge in [0.15, 0.2) is 0 Å². The van der Waals surface area contributed by atoms with Crippen LogP contribution in [0.2, 0.25) is 5.02 Å². The minimum absolute atomic E-state index is 0.0332. The normalized spacial score (nSPS) is 17.3. The number of nitrogens with zero attached hydrogens (tertiary/aromatic N) is 1. The molecule has 1 aromatic carbocycles. The number of nitrogens with one attached hydrogen (secondary N) is 1. The number of hydrogen-bond donors (Lipinski definition) is 1. The summed E-state index contributed by atoms with van der Waals surface area (Å²) in [7, 11) is 0. The van der Waals surface area contributed by atoms with Crippen LogP contribution in [-0.2, 0) is 0 Å². The molecule has 118 valence electrons. The van der Waals surface area contributed by atoms with E-state index in [-0.39, 0.29) is 11.9 Å². The van der Waals surface area contributed by atoms with Crippen molar-refractivity contribution in [1.29, 1.82) is 0 Å². The van der Waals surface area contributed by atoms with E-state index in [1.807, 2.05) is 24.3 Å². The second-order valence-electron chi connectivity index (χ2n) is 6.12. The first-order valence-electron chi connectivity index (χ1n) is 7.78. The first-order valence-corrected chi connectivity index (χ1v) is 8.97. The Bertz CT molecular complexity index is 674. The molecule has 0 spiro atoms. The number of carbonyl (C=O) groups excluding carboxylic acids is 1. The molecular formula is C17H21ClN2OS. The Morgan fingerprint density at radius 2 is 2.00 bits per heavy atom. The molecule has 1 saturated heterocycles. The largest absolute Gasteiger partial charge is 0.348 e. The number of benzene rings is 1. The van der Waals surface area contributed by atoms with Gasteiger partial charge in [0.1, 0.15) is 4.88 Å². The number of hydrogen-bond acceptors (Lipinski definition) is 3.